The number of amides is 1. The molecule has 3 heterocycles. The van der Waals surface area contributed by atoms with Crippen LogP contribution in [0.2, 0.25) is 0 Å². The van der Waals surface area contributed by atoms with Crippen molar-refractivity contribution in [3.63, 3.8) is 0 Å². The van der Waals surface area contributed by atoms with E-state index in [4.69, 9.17) is 4.74 Å². The number of ether oxygens (including phenoxy) is 1. The zero-order chi connectivity index (χ0) is 17.5. The van der Waals surface area contributed by atoms with Gasteiger partial charge in [0.1, 0.15) is 5.69 Å². The van der Waals surface area contributed by atoms with E-state index in [1.165, 1.54) is 0 Å². The monoisotopic (exact) mass is 333 g/mol. The van der Waals surface area contributed by atoms with E-state index >= 15 is 0 Å². The van der Waals surface area contributed by atoms with Gasteiger partial charge in [0.2, 0.25) is 0 Å². The Balaban J connectivity index is 0.00000100. The van der Waals surface area contributed by atoms with Crippen LogP contribution in [0.4, 0.5) is 0 Å². The zero-order valence-electron chi connectivity index (χ0n) is 15.5. The van der Waals surface area contributed by atoms with Crippen molar-refractivity contribution in [1.82, 2.24) is 14.8 Å². The maximum Gasteiger partial charge on any atom is 0.272 e. The average Bonchev–Trinajstić information content (AvgIpc) is 2.59. The molecule has 24 heavy (non-hydrogen) atoms. The number of carbonyl (C=O) groups is 1. The number of carbonyl (C=O) groups excluding carboxylic acids is 1. The molecular weight excluding hydrogens is 302 g/mol. The molecule has 0 aromatic carbocycles. The van der Waals surface area contributed by atoms with Gasteiger partial charge >= 0.3 is 0 Å². The van der Waals surface area contributed by atoms with Crippen LogP contribution in [0.5, 0.6) is 0 Å². The number of hydrogen-bond acceptors (Lipinski definition) is 4. The molecule has 2 saturated heterocycles. The molecule has 1 amide bonds. The standard InChI is InChI=1S/C17H25N3O2.C2H6/c1-13(2)14-10-19(11-14)12-15-4-3-5-16(18-15)17(21)20-6-8-22-9-7-20;1-2/h3-5,13-14H,6-12H2,1-2H3;1-2H3. The highest BCUT2D eigenvalue weighted by Gasteiger charge is 2.29. The number of hydrogen-bond donors (Lipinski definition) is 0. The molecule has 0 radical (unpaired) electrons. The lowest BCUT2D eigenvalue weighted by Crippen LogP contribution is -2.48. The summed E-state index contributed by atoms with van der Waals surface area (Å²) in [5.41, 5.74) is 1.54. The van der Waals surface area contributed by atoms with Gasteiger partial charge in [-0.2, -0.15) is 0 Å². The highest BCUT2D eigenvalue weighted by Crippen LogP contribution is 2.24. The predicted molar refractivity (Wildman–Crippen MR) is 95.9 cm³/mol. The second-order valence-electron chi connectivity index (χ2n) is 6.62. The summed E-state index contributed by atoms with van der Waals surface area (Å²) in [6.45, 7) is 14.2. The molecular formula is C19H31N3O2. The van der Waals surface area contributed by atoms with Crippen molar-refractivity contribution >= 4 is 5.91 Å². The summed E-state index contributed by atoms with van der Waals surface area (Å²) >= 11 is 0. The molecule has 5 heteroatoms. The molecule has 0 N–H and O–H groups in total. The van der Waals surface area contributed by atoms with Crippen LogP contribution in [0.1, 0.15) is 43.9 Å². The first-order chi connectivity index (χ1) is 11.6. The minimum Gasteiger partial charge on any atom is -0.378 e. The molecule has 3 rings (SSSR count). The molecule has 0 bridgehead atoms. The van der Waals surface area contributed by atoms with Crippen LogP contribution >= 0.6 is 0 Å². The smallest absolute Gasteiger partial charge is 0.272 e. The molecule has 0 atom stereocenters. The molecule has 0 spiro atoms. The molecule has 0 saturated carbocycles. The summed E-state index contributed by atoms with van der Waals surface area (Å²) in [7, 11) is 0. The Hall–Kier alpha value is -1.46. The first-order valence-corrected chi connectivity index (χ1v) is 9.19. The lowest BCUT2D eigenvalue weighted by molar-refractivity contribution is 0.0298. The van der Waals surface area contributed by atoms with Gasteiger partial charge in [0.15, 0.2) is 0 Å². The topological polar surface area (TPSA) is 45.7 Å². The lowest BCUT2D eigenvalue weighted by atomic mass is 9.88. The Kier molecular flexibility index (Phi) is 7.18. The normalized spacial score (nSPS) is 18.8. The van der Waals surface area contributed by atoms with Gasteiger partial charge in [-0.15, -0.1) is 0 Å². The number of aromatic nitrogens is 1. The second-order valence-corrected chi connectivity index (χ2v) is 6.62. The van der Waals surface area contributed by atoms with Gasteiger partial charge < -0.3 is 9.64 Å². The largest absolute Gasteiger partial charge is 0.378 e. The quantitative estimate of drug-likeness (QED) is 0.850. The fourth-order valence-electron chi connectivity index (χ4n) is 3.00. The van der Waals surface area contributed by atoms with E-state index in [2.05, 4.69) is 23.7 Å². The van der Waals surface area contributed by atoms with Crippen molar-refractivity contribution in [3.8, 4) is 0 Å². The van der Waals surface area contributed by atoms with Crippen molar-refractivity contribution in [2.45, 2.75) is 34.2 Å². The Morgan fingerprint density at radius 1 is 1.25 bits per heavy atom. The van der Waals surface area contributed by atoms with Gasteiger partial charge in [-0.25, -0.2) is 4.98 Å². The summed E-state index contributed by atoms with van der Waals surface area (Å²) in [6.07, 6.45) is 0. The van der Waals surface area contributed by atoms with E-state index < -0.39 is 0 Å². The maximum atomic E-state index is 12.5. The fraction of sp³-hybridized carbons (Fsp3) is 0.684. The molecule has 5 nitrogen and oxygen atoms in total. The molecule has 2 fully saturated rings. The van der Waals surface area contributed by atoms with Crippen molar-refractivity contribution in [2.75, 3.05) is 39.4 Å². The summed E-state index contributed by atoms with van der Waals surface area (Å²) in [6, 6.07) is 5.77. The molecule has 2 aliphatic rings. The Morgan fingerprint density at radius 2 is 1.92 bits per heavy atom. The lowest BCUT2D eigenvalue weighted by Gasteiger charge is -2.41. The molecule has 2 aliphatic heterocycles. The Labute approximate surface area is 146 Å². The fourth-order valence-corrected chi connectivity index (χ4v) is 3.00. The molecule has 1 aromatic rings. The number of pyridine rings is 1. The zero-order valence-corrected chi connectivity index (χ0v) is 15.5. The average molecular weight is 333 g/mol. The van der Waals surface area contributed by atoms with E-state index in [0.29, 0.717) is 32.0 Å². The minimum atomic E-state index is 0.0221. The molecule has 1 aromatic heterocycles. The highest BCUT2D eigenvalue weighted by molar-refractivity contribution is 5.92. The van der Waals surface area contributed by atoms with Crippen LogP contribution in [0.3, 0.4) is 0 Å². The van der Waals surface area contributed by atoms with Crippen LogP contribution < -0.4 is 0 Å². The van der Waals surface area contributed by atoms with E-state index in [-0.39, 0.29) is 5.91 Å². The molecule has 134 valence electrons. The number of rotatable bonds is 4. The van der Waals surface area contributed by atoms with Crippen molar-refractivity contribution in [2.24, 2.45) is 11.8 Å². The first kappa shape index (κ1) is 18.9. The van der Waals surface area contributed by atoms with Gasteiger partial charge in [-0.1, -0.05) is 33.8 Å². The highest BCUT2D eigenvalue weighted by atomic mass is 16.5. The number of morpholine rings is 1. The van der Waals surface area contributed by atoms with E-state index in [1.807, 2.05) is 36.9 Å². The van der Waals surface area contributed by atoms with Crippen LogP contribution in [0.15, 0.2) is 18.2 Å². The number of nitrogens with zero attached hydrogens (tertiary/aromatic N) is 3. The van der Waals surface area contributed by atoms with Gasteiger partial charge in [-0.3, -0.25) is 9.69 Å². The van der Waals surface area contributed by atoms with Gasteiger partial charge in [0, 0.05) is 32.7 Å². The van der Waals surface area contributed by atoms with Crippen LogP contribution in [-0.2, 0) is 11.3 Å². The maximum absolute atomic E-state index is 12.5. The summed E-state index contributed by atoms with van der Waals surface area (Å²) < 4.78 is 5.29. The summed E-state index contributed by atoms with van der Waals surface area (Å²) in [5.74, 6) is 1.57. The third kappa shape index (κ3) is 4.77. The Morgan fingerprint density at radius 3 is 2.54 bits per heavy atom. The summed E-state index contributed by atoms with van der Waals surface area (Å²) in [4.78, 5) is 21.2. The summed E-state index contributed by atoms with van der Waals surface area (Å²) in [5, 5.41) is 0. The predicted octanol–water partition coefficient (Wildman–Crippen LogP) is 2.67. The van der Waals surface area contributed by atoms with Gasteiger partial charge in [-0.05, 0) is 24.0 Å². The van der Waals surface area contributed by atoms with E-state index in [9.17, 15) is 4.79 Å². The van der Waals surface area contributed by atoms with Crippen molar-refractivity contribution < 1.29 is 9.53 Å². The third-order valence-electron chi connectivity index (χ3n) is 4.64. The third-order valence-corrected chi connectivity index (χ3v) is 4.64. The van der Waals surface area contributed by atoms with Gasteiger partial charge in [0.25, 0.3) is 5.91 Å². The Bertz CT molecular complexity index is 521. The van der Waals surface area contributed by atoms with E-state index in [0.717, 1.165) is 37.2 Å². The van der Waals surface area contributed by atoms with E-state index in [1.54, 1.807) is 0 Å². The molecule has 0 aliphatic carbocycles. The van der Waals surface area contributed by atoms with Crippen LogP contribution in [0.25, 0.3) is 0 Å². The number of likely N-dealkylation sites (tertiary alicyclic amines) is 1. The minimum absolute atomic E-state index is 0.0221. The molecule has 0 unspecified atom stereocenters. The van der Waals surface area contributed by atoms with Crippen molar-refractivity contribution in [1.29, 1.82) is 0 Å². The SMILES string of the molecule is CC.CC(C)C1CN(Cc2cccc(C(=O)N3CCOCC3)n2)C1. The van der Waals surface area contributed by atoms with Crippen molar-refractivity contribution in [3.05, 3.63) is 29.6 Å². The van der Waals surface area contributed by atoms with Crippen LogP contribution in [0, 0.1) is 11.8 Å². The van der Waals surface area contributed by atoms with Crippen LogP contribution in [-0.4, -0.2) is 60.1 Å². The first-order valence-electron chi connectivity index (χ1n) is 9.19. The van der Waals surface area contributed by atoms with Gasteiger partial charge in [0.05, 0.1) is 18.9 Å². The second kappa shape index (κ2) is 9.14.